The summed E-state index contributed by atoms with van der Waals surface area (Å²) in [5.74, 6) is -1.60. The van der Waals surface area contributed by atoms with Gasteiger partial charge in [0, 0.05) is 11.1 Å². The molecule has 0 amide bonds. The summed E-state index contributed by atoms with van der Waals surface area (Å²) in [5.41, 5.74) is -0.498. The summed E-state index contributed by atoms with van der Waals surface area (Å²) in [4.78, 5) is -0.259. The number of nitrogens with one attached hydrogen (secondary N) is 1. The predicted octanol–water partition coefficient (Wildman–Crippen LogP) is 3.82. The van der Waals surface area contributed by atoms with Crippen LogP contribution >= 0.6 is 11.6 Å². The molecule has 0 aliphatic carbocycles. The average molecular weight is 348 g/mol. The highest BCUT2D eigenvalue weighted by molar-refractivity contribution is 7.92. The lowest BCUT2D eigenvalue weighted by Crippen LogP contribution is -2.15. The van der Waals surface area contributed by atoms with Crippen molar-refractivity contribution in [3.63, 3.8) is 0 Å². The molecule has 2 aromatic carbocycles. The molecule has 22 heavy (non-hydrogen) atoms. The van der Waals surface area contributed by atoms with Gasteiger partial charge in [0.2, 0.25) is 0 Å². The Morgan fingerprint density at radius 1 is 1.18 bits per heavy atom. The first kappa shape index (κ1) is 16.5. The maximum atomic E-state index is 13.6. The Morgan fingerprint density at radius 3 is 2.59 bits per heavy atom. The van der Waals surface area contributed by atoms with Crippen LogP contribution in [0.3, 0.4) is 0 Å². The molecular weight excluding hydrogens is 336 g/mol. The van der Waals surface area contributed by atoms with Gasteiger partial charge in [-0.2, -0.15) is 0 Å². The van der Waals surface area contributed by atoms with Crippen LogP contribution in [0.5, 0.6) is 5.75 Å². The van der Waals surface area contributed by atoms with Gasteiger partial charge in [0.15, 0.2) is 0 Å². The molecule has 0 heterocycles. The van der Waals surface area contributed by atoms with Gasteiger partial charge in [-0.15, -0.1) is 0 Å². The molecule has 118 valence electrons. The molecule has 0 aromatic heterocycles. The Morgan fingerprint density at radius 2 is 1.91 bits per heavy atom. The van der Waals surface area contributed by atoms with E-state index in [0.717, 1.165) is 18.2 Å². The minimum Gasteiger partial charge on any atom is -0.492 e. The van der Waals surface area contributed by atoms with Crippen molar-refractivity contribution in [3.8, 4) is 5.75 Å². The molecule has 2 aromatic rings. The van der Waals surface area contributed by atoms with Crippen LogP contribution in [0, 0.1) is 11.6 Å². The van der Waals surface area contributed by atoms with Crippen molar-refractivity contribution in [2.45, 2.75) is 11.8 Å². The zero-order valence-corrected chi connectivity index (χ0v) is 13.0. The summed E-state index contributed by atoms with van der Waals surface area (Å²) in [6.07, 6.45) is 0. The first-order chi connectivity index (χ1) is 10.3. The number of anilines is 1. The lowest BCUT2D eigenvalue weighted by atomic mass is 10.3. The van der Waals surface area contributed by atoms with Crippen molar-refractivity contribution in [2.75, 3.05) is 11.3 Å². The van der Waals surface area contributed by atoms with Crippen molar-refractivity contribution in [1.29, 1.82) is 0 Å². The molecule has 4 nitrogen and oxygen atoms in total. The normalized spacial score (nSPS) is 11.3. The van der Waals surface area contributed by atoms with Crippen LogP contribution in [0.1, 0.15) is 6.92 Å². The Hall–Kier alpha value is -1.86. The Kier molecular flexibility index (Phi) is 4.87. The smallest absolute Gasteiger partial charge is 0.265 e. The molecule has 1 N–H and O–H groups in total. The number of ether oxygens (including phenoxy) is 1. The molecule has 0 bridgehead atoms. The standard InChI is InChI=1S/C14H12ClF2NO3S/c1-2-21-13-6-3-9(15)7-14(13)22(19,20)18-12-8-10(16)4-5-11(12)17/h3-8,18H,2H2,1H3. The van der Waals surface area contributed by atoms with E-state index in [0.29, 0.717) is 0 Å². The largest absolute Gasteiger partial charge is 0.492 e. The monoisotopic (exact) mass is 347 g/mol. The molecule has 2 rings (SSSR count). The van der Waals surface area contributed by atoms with Crippen LogP contribution < -0.4 is 9.46 Å². The van der Waals surface area contributed by atoms with Crippen LogP contribution in [0.4, 0.5) is 14.5 Å². The van der Waals surface area contributed by atoms with E-state index in [2.05, 4.69) is 0 Å². The van der Waals surface area contributed by atoms with Crippen LogP contribution in [0.2, 0.25) is 5.02 Å². The first-order valence-electron chi connectivity index (χ1n) is 6.23. The van der Waals surface area contributed by atoms with E-state index in [1.54, 1.807) is 6.92 Å². The Labute approximate surface area is 131 Å². The van der Waals surface area contributed by atoms with Crippen molar-refractivity contribution in [3.05, 3.63) is 53.1 Å². The van der Waals surface area contributed by atoms with Crippen molar-refractivity contribution < 1.29 is 21.9 Å². The highest BCUT2D eigenvalue weighted by Crippen LogP contribution is 2.29. The van der Waals surface area contributed by atoms with E-state index < -0.39 is 27.3 Å². The highest BCUT2D eigenvalue weighted by atomic mass is 35.5. The predicted molar refractivity (Wildman–Crippen MR) is 79.8 cm³/mol. The maximum absolute atomic E-state index is 13.6. The summed E-state index contributed by atoms with van der Waals surface area (Å²) in [6, 6.07) is 6.49. The fourth-order valence-electron chi connectivity index (χ4n) is 1.74. The lowest BCUT2D eigenvalue weighted by molar-refractivity contribution is 0.331. The minimum atomic E-state index is -4.19. The van der Waals surface area contributed by atoms with Crippen LogP contribution in [0.25, 0.3) is 0 Å². The third-order valence-electron chi connectivity index (χ3n) is 2.67. The van der Waals surface area contributed by atoms with E-state index in [4.69, 9.17) is 16.3 Å². The van der Waals surface area contributed by atoms with Crippen molar-refractivity contribution >= 4 is 27.3 Å². The molecular formula is C14H12ClF2NO3S. The second-order valence-corrected chi connectivity index (χ2v) is 6.34. The quantitative estimate of drug-likeness (QED) is 0.894. The van der Waals surface area contributed by atoms with Gasteiger partial charge in [0.25, 0.3) is 10.0 Å². The SMILES string of the molecule is CCOc1ccc(Cl)cc1S(=O)(=O)Nc1cc(F)ccc1F. The van der Waals surface area contributed by atoms with Gasteiger partial charge in [-0.25, -0.2) is 17.2 Å². The van der Waals surface area contributed by atoms with E-state index in [1.807, 2.05) is 4.72 Å². The molecule has 0 saturated carbocycles. The molecule has 8 heteroatoms. The number of hydrogen-bond donors (Lipinski definition) is 1. The molecule has 0 aliphatic rings. The third kappa shape index (κ3) is 3.66. The number of hydrogen-bond acceptors (Lipinski definition) is 3. The molecule has 0 atom stereocenters. The molecule has 0 spiro atoms. The summed E-state index contributed by atoms with van der Waals surface area (Å²) in [7, 11) is -4.19. The van der Waals surface area contributed by atoms with Gasteiger partial charge in [0.1, 0.15) is 22.3 Å². The average Bonchev–Trinajstić information content (AvgIpc) is 2.45. The Balaban J connectivity index is 2.46. The molecule has 0 fully saturated rings. The summed E-state index contributed by atoms with van der Waals surface area (Å²) >= 11 is 5.80. The number of sulfonamides is 1. The summed E-state index contributed by atoms with van der Waals surface area (Å²) < 4.78 is 58.7. The topological polar surface area (TPSA) is 55.4 Å². The first-order valence-corrected chi connectivity index (χ1v) is 8.10. The van der Waals surface area contributed by atoms with Gasteiger partial charge in [-0.05, 0) is 37.3 Å². The number of benzene rings is 2. The second kappa shape index (κ2) is 6.50. The van der Waals surface area contributed by atoms with E-state index in [-0.39, 0.29) is 22.3 Å². The summed E-state index contributed by atoms with van der Waals surface area (Å²) in [5, 5.41) is 0.170. The van der Waals surface area contributed by atoms with E-state index in [1.165, 1.54) is 18.2 Å². The van der Waals surface area contributed by atoms with Crippen molar-refractivity contribution in [2.24, 2.45) is 0 Å². The summed E-state index contributed by atoms with van der Waals surface area (Å²) in [6.45, 7) is 1.92. The zero-order chi connectivity index (χ0) is 16.3. The maximum Gasteiger partial charge on any atom is 0.265 e. The highest BCUT2D eigenvalue weighted by Gasteiger charge is 2.22. The van der Waals surface area contributed by atoms with Gasteiger partial charge in [0.05, 0.1) is 12.3 Å². The van der Waals surface area contributed by atoms with Crippen LogP contribution in [-0.2, 0) is 10.0 Å². The van der Waals surface area contributed by atoms with Crippen LogP contribution in [-0.4, -0.2) is 15.0 Å². The van der Waals surface area contributed by atoms with Gasteiger partial charge >= 0.3 is 0 Å². The van der Waals surface area contributed by atoms with Gasteiger partial charge < -0.3 is 4.74 Å². The van der Waals surface area contributed by atoms with Crippen LogP contribution in [0.15, 0.2) is 41.3 Å². The van der Waals surface area contributed by atoms with E-state index in [9.17, 15) is 17.2 Å². The molecule has 0 saturated heterocycles. The zero-order valence-electron chi connectivity index (χ0n) is 11.4. The van der Waals surface area contributed by atoms with Gasteiger partial charge in [-0.3, -0.25) is 4.72 Å². The van der Waals surface area contributed by atoms with Crippen molar-refractivity contribution in [1.82, 2.24) is 0 Å². The molecule has 0 aliphatic heterocycles. The lowest BCUT2D eigenvalue weighted by Gasteiger charge is -2.13. The number of halogens is 3. The fourth-order valence-corrected chi connectivity index (χ4v) is 3.21. The Bertz CT molecular complexity index is 797. The minimum absolute atomic E-state index is 0.0659. The van der Waals surface area contributed by atoms with E-state index >= 15 is 0 Å². The van der Waals surface area contributed by atoms with Gasteiger partial charge in [-0.1, -0.05) is 11.6 Å². The molecule has 0 unspecified atom stereocenters. The second-order valence-electron chi connectivity index (χ2n) is 4.25. The fraction of sp³-hybridized carbons (Fsp3) is 0.143. The molecule has 0 radical (unpaired) electrons. The third-order valence-corrected chi connectivity index (χ3v) is 4.29. The number of rotatable bonds is 5.